The van der Waals surface area contributed by atoms with Crippen molar-refractivity contribution < 1.29 is 9.13 Å². The molecule has 6 rings (SSSR count). The maximum atomic E-state index is 15.3. The van der Waals surface area contributed by atoms with Gasteiger partial charge in [-0.3, -0.25) is 0 Å². The zero-order valence-electron chi connectivity index (χ0n) is 21.0. The average Bonchev–Trinajstić information content (AvgIpc) is 3.01. The van der Waals surface area contributed by atoms with E-state index in [1.54, 1.807) is 0 Å². The SMILES string of the molecule is O=P(C1=c2ccccc2=C(P(=O)(c2ccccc2)c2ccccc2)CC1)(c1ccccc1)c1ccccc1. The van der Waals surface area contributed by atoms with E-state index in [1.807, 2.05) is 133 Å². The van der Waals surface area contributed by atoms with Gasteiger partial charge in [-0.2, -0.15) is 0 Å². The van der Waals surface area contributed by atoms with E-state index in [0.29, 0.717) is 12.8 Å². The highest BCUT2D eigenvalue weighted by atomic mass is 31.2. The third kappa shape index (κ3) is 4.06. The molecule has 0 atom stereocenters. The summed E-state index contributed by atoms with van der Waals surface area (Å²) in [6.45, 7) is 0. The lowest BCUT2D eigenvalue weighted by atomic mass is 10.1. The molecule has 0 radical (unpaired) electrons. The monoisotopic (exact) mass is 530 g/mol. The van der Waals surface area contributed by atoms with E-state index in [-0.39, 0.29) is 0 Å². The van der Waals surface area contributed by atoms with Crippen LogP contribution in [0.2, 0.25) is 0 Å². The molecule has 0 bridgehead atoms. The molecule has 0 fully saturated rings. The molecule has 5 aromatic rings. The normalized spacial score (nSPS) is 13.7. The van der Waals surface area contributed by atoms with E-state index in [1.165, 1.54) is 0 Å². The first-order valence-electron chi connectivity index (χ1n) is 12.9. The second-order valence-electron chi connectivity index (χ2n) is 9.50. The molecule has 0 saturated carbocycles. The van der Waals surface area contributed by atoms with Crippen molar-refractivity contribution in [2.45, 2.75) is 12.8 Å². The first kappa shape index (κ1) is 24.6. The number of hydrogen-bond donors (Lipinski definition) is 0. The highest BCUT2D eigenvalue weighted by Crippen LogP contribution is 2.59. The van der Waals surface area contributed by atoms with Gasteiger partial charge >= 0.3 is 0 Å². The summed E-state index contributed by atoms with van der Waals surface area (Å²) in [4.78, 5) is 0. The first-order valence-corrected chi connectivity index (χ1v) is 16.3. The molecule has 38 heavy (non-hydrogen) atoms. The molecule has 0 saturated heterocycles. The molecular weight excluding hydrogens is 502 g/mol. The lowest BCUT2D eigenvalue weighted by Gasteiger charge is -2.29. The van der Waals surface area contributed by atoms with Crippen LogP contribution < -0.4 is 31.7 Å². The van der Waals surface area contributed by atoms with Crippen LogP contribution in [-0.4, -0.2) is 0 Å². The van der Waals surface area contributed by atoms with Crippen LogP contribution in [0.5, 0.6) is 0 Å². The molecular formula is C34H28O2P2. The number of hydrogen-bond acceptors (Lipinski definition) is 2. The maximum absolute atomic E-state index is 15.3. The Morgan fingerprint density at radius 3 is 0.842 bits per heavy atom. The van der Waals surface area contributed by atoms with Crippen LogP contribution >= 0.6 is 14.3 Å². The lowest BCUT2D eigenvalue weighted by Crippen LogP contribution is -2.36. The van der Waals surface area contributed by atoms with Crippen molar-refractivity contribution in [3.8, 4) is 0 Å². The topological polar surface area (TPSA) is 34.1 Å². The van der Waals surface area contributed by atoms with Gasteiger partial charge in [-0.15, -0.1) is 0 Å². The Labute approximate surface area is 223 Å². The van der Waals surface area contributed by atoms with Crippen LogP contribution in [0.1, 0.15) is 12.8 Å². The molecule has 4 heteroatoms. The van der Waals surface area contributed by atoms with Gasteiger partial charge in [-0.1, -0.05) is 146 Å². The second-order valence-corrected chi connectivity index (χ2v) is 15.1. The Kier molecular flexibility index (Phi) is 6.62. The van der Waals surface area contributed by atoms with Gasteiger partial charge in [0.25, 0.3) is 0 Å². The van der Waals surface area contributed by atoms with Crippen LogP contribution in [0.25, 0.3) is 10.6 Å². The van der Waals surface area contributed by atoms with Gasteiger partial charge in [-0.05, 0) is 23.3 Å². The van der Waals surface area contributed by atoms with E-state index in [4.69, 9.17) is 0 Å². The molecule has 0 N–H and O–H groups in total. The molecule has 0 unspecified atom stereocenters. The van der Waals surface area contributed by atoms with E-state index in [0.717, 1.165) is 42.3 Å². The number of rotatable bonds is 6. The Morgan fingerprint density at radius 1 is 0.342 bits per heavy atom. The summed E-state index contributed by atoms with van der Waals surface area (Å²) in [6.07, 6.45) is 1.16. The predicted molar refractivity (Wildman–Crippen MR) is 161 cm³/mol. The zero-order valence-corrected chi connectivity index (χ0v) is 22.8. The minimum absolute atomic E-state index is 0.580. The Morgan fingerprint density at radius 2 is 0.579 bits per heavy atom. The van der Waals surface area contributed by atoms with Gasteiger partial charge in [0.1, 0.15) is 0 Å². The minimum Gasteiger partial charge on any atom is -0.309 e. The van der Waals surface area contributed by atoms with Crippen molar-refractivity contribution in [1.82, 2.24) is 0 Å². The molecule has 0 spiro atoms. The van der Waals surface area contributed by atoms with Crippen molar-refractivity contribution in [1.29, 1.82) is 0 Å². The van der Waals surface area contributed by atoms with E-state index in [2.05, 4.69) is 12.1 Å². The van der Waals surface area contributed by atoms with Crippen molar-refractivity contribution >= 4 is 46.1 Å². The summed E-state index contributed by atoms with van der Waals surface area (Å²) in [5.74, 6) is 0. The van der Waals surface area contributed by atoms with Crippen molar-refractivity contribution in [2.24, 2.45) is 0 Å². The summed E-state index contributed by atoms with van der Waals surface area (Å²) >= 11 is 0. The minimum atomic E-state index is -3.14. The van der Waals surface area contributed by atoms with Crippen molar-refractivity contribution in [3.05, 3.63) is 156 Å². The standard InChI is InChI=1S/C34H28O2P2/c35-37(27-15-5-1-6-16-27,28-17-7-2-8-18-28)33-25-26-34(32-24-14-13-23-31(32)33)38(36,29-19-9-3-10-20-29)30-21-11-4-12-22-30/h1-24H,25-26H2. The van der Waals surface area contributed by atoms with Crippen LogP contribution in [0.4, 0.5) is 0 Å². The van der Waals surface area contributed by atoms with Gasteiger partial charge in [0.2, 0.25) is 0 Å². The smallest absolute Gasteiger partial charge is 0.167 e. The fourth-order valence-corrected chi connectivity index (χ4v) is 11.8. The van der Waals surface area contributed by atoms with Crippen LogP contribution in [0.3, 0.4) is 0 Å². The lowest BCUT2D eigenvalue weighted by molar-refractivity contribution is 0.590. The van der Waals surface area contributed by atoms with Gasteiger partial charge in [0, 0.05) is 31.8 Å². The van der Waals surface area contributed by atoms with Gasteiger partial charge in [-0.25, -0.2) is 0 Å². The fourth-order valence-electron chi connectivity index (χ4n) is 5.62. The third-order valence-corrected chi connectivity index (χ3v) is 13.9. The molecule has 1 aliphatic carbocycles. The molecule has 0 aromatic heterocycles. The number of benzene rings is 5. The highest BCUT2D eigenvalue weighted by Gasteiger charge is 2.38. The molecule has 0 aliphatic heterocycles. The fraction of sp³-hybridized carbons (Fsp3) is 0.0588. The van der Waals surface area contributed by atoms with E-state index in [9.17, 15) is 0 Å². The number of fused-ring (bicyclic) bond motifs is 1. The van der Waals surface area contributed by atoms with E-state index < -0.39 is 14.3 Å². The molecule has 186 valence electrons. The zero-order chi connectivity index (χ0) is 26.0. The Hall–Kier alpha value is -3.70. The quantitative estimate of drug-likeness (QED) is 0.263. The van der Waals surface area contributed by atoms with Gasteiger partial charge in [0.05, 0.1) is 0 Å². The van der Waals surface area contributed by atoms with Crippen molar-refractivity contribution in [3.63, 3.8) is 0 Å². The first-order chi connectivity index (χ1) is 18.6. The third-order valence-electron chi connectivity index (χ3n) is 7.39. The van der Waals surface area contributed by atoms with Crippen LogP contribution in [0, 0.1) is 0 Å². The maximum Gasteiger partial charge on any atom is 0.167 e. The Balaban J connectivity index is 1.73. The summed E-state index contributed by atoms with van der Waals surface area (Å²) in [7, 11) is -6.28. The predicted octanol–water partition coefficient (Wildman–Crippen LogP) is 5.73. The summed E-state index contributed by atoms with van der Waals surface area (Å²) in [5, 5.41) is 7.06. The van der Waals surface area contributed by atoms with Crippen molar-refractivity contribution in [2.75, 3.05) is 0 Å². The van der Waals surface area contributed by atoms with Gasteiger partial charge < -0.3 is 9.13 Å². The van der Waals surface area contributed by atoms with Crippen LogP contribution in [-0.2, 0) is 9.13 Å². The summed E-state index contributed by atoms with van der Waals surface area (Å²) in [5.41, 5.74) is 0. The highest BCUT2D eigenvalue weighted by molar-refractivity contribution is 7.88. The second kappa shape index (κ2) is 10.2. The largest absolute Gasteiger partial charge is 0.309 e. The molecule has 0 amide bonds. The molecule has 0 heterocycles. The summed E-state index contributed by atoms with van der Waals surface area (Å²) < 4.78 is 30.6. The van der Waals surface area contributed by atoms with Gasteiger partial charge in [0.15, 0.2) is 14.3 Å². The molecule has 2 nitrogen and oxygen atoms in total. The molecule has 5 aromatic carbocycles. The summed E-state index contributed by atoms with van der Waals surface area (Å²) in [6, 6.07) is 47.4. The Bertz CT molecular complexity index is 1570. The van der Waals surface area contributed by atoms with E-state index >= 15 is 9.13 Å². The molecule has 1 aliphatic rings. The van der Waals surface area contributed by atoms with Crippen LogP contribution in [0.15, 0.2) is 146 Å². The average molecular weight is 531 g/mol.